The maximum absolute atomic E-state index is 12.8. The van der Waals surface area contributed by atoms with Gasteiger partial charge in [0.05, 0.1) is 0 Å². The molecule has 0 heterocycles. The Bertz CT molecular complexity index is 547. The molecule has 1 rings (SSSR count). The van der Waals surface area contributed by atoms with Crippen molar-refractivity contribution < 1.29 is 4.79 Å². The molecule has 0 bridgehead atoms. The number of nitrogens with zero attached hydrogens (tertiary/aromatic N) is 3. The van der Waals surface area contributed by atoms with E-state index in [-0.39, 0.29) is 11.3 Å². The lowest BCUT2D eigenvalue weighted by Crippen LogP contribution is -2.38. The molecule has 1 amide bonds. The third kappa shape index (κ3) is 6.79. The molecule has 0 aliphatic carbocycles. The molecule has 0 aliphatic heterocycles. The minimum Gasteiger partial charge on any atom is -0.399 e. The third-order valence-electron chi connectivity index (χ3n) is 3.80. The first-order valence-corrected chi connectivity index (χ1v) is 8.48. The topological polar surface area (TPSA) is 52.8 Å². The van der Waals surface area contributed by atoms with Gasteiger partial charge in [-0.05, 0) is 43.3 Å². The molecule has 2 N–H and O–H groups in total. The van der Waals surface area contributed by atoms with Crippen LogP contribution in [0.2, 0.25) is 0 Å². The smallest absolute Gasteiger partial charge is 0.223 e. The second-order valence-corrected chi connectivity index (χ2v) is 8.14. The van der Waals surface area contributed by atoms with Crippen LogP contribution in [-0.4, -0.2) is 57.0 Å². The van der Waals surface area contributed by atoms with Gasteiger partial charge in [0.25, 0.3) is 0 Å². The van der Waals surface area contributed by atoms with Crippen molar-refractivity contribution in [2.75, 3.05) is 51.9 Å². The van der Waals surface area contributed by atoms with E-state index in [0.29, 0.717) is 19.5 Å². The van der Waals surface area contributed by atoms with E-state index < -0.39 is 0 Å². The summed E-state index contributed by atoms with van der Waals surface area (Å²) in [6.45, 7) is 8.43. The highest BCUT2D eigenvalue weighted by Crippen LogP contribution is 2.25. The molecule has 1 aromatic carbocycles. The second kappa shape index (κ2) is 8.38. The molecule has 136 valence electrons. The molecule has 0 spiro atoms. The fourth-order valence-corrected chi connectivity index (χ4v) is 2.55. The van der Waals surface area contributed by atoms with Crippen LogP contribution in [-0.2, 0) is 11.3 Å². The van der Waals surface area contributed by atoms with Crippen molar-refractivity contribution in [3.8, 4) is 0 Å². The Morgan fingerprint density at radius 2 is 1.71 bits per heavy atom. The van der Waals surface area contributed by atoms with E-state index in [1.54, 1.807) is 0 Å². The number of nitrogen functional groups attached to an aromatic ring is 1. The van der Waals surface area contributed by atoms with Crippen molar-refractivity contribution >= 4 is 17.3 Å². The number of nitrogens with two attached hydrogens (primary N) is 1. The zero-order valence-electron chi connectivity index (χ0n) is 16.4. The third-order valence-corrected chi connectivity index (χ3v) is 3.80. The summed E-state index contributed by atoms with van der Waals surface area (Å²) in [6.07, 6.45) is 0.542. The molecule has 5 nitrogen and oxygen atoms in total. The Morgan fingerprint density at radius 3 is 2.21 bits per heavy atom. The molecule has 0 fully saturated rings. The standard InChI is InChI=1S/C19H34N4O/c1-19(2,3)13-18(24)23(11-10-21(4)5)14-15-12-16(20)8-9-17(15)22(6)7/h8-9,12H,10-11,13-14,20H2,1-7H3. The van der Waals surface area contributed by atoms with Crippen molar-refractivity contribution in [2.24, 2.45) is 5.41 Å². The van der Waals surface area contributed by atoms with E-state index in [1.165, 1.54) is 0 Å². The molecule has 0 atom stereocenters. The van der Waals surface area contributed by atoms with E-state index in [4.69, 9.17) is 5.73 Å². The van der Waals surface area contributed by atoms with E-state index >= 15 is 0 Å². The van der Waals surface area contributed by atoms with Crippen LogP contribution < -0.4 is 10.6 Å². The van der Waals surface area contributed by atoms with E-state index in [9.17, 15) is 4.79 Å². The number of likely N-dealkylation sites (N-methyl/N-ethyl adjacent to an activating group) is 1. The Kier molecular flexibility index (Phi) is 7.08. The van der Waals surface area contributed by atoms with Crippen molar-refractivity contribution in [3.05, 3.63) is 23.8 Å². The highest BCUT2D eigenvalue weighted by atomic mass is 16.2. The highest BCUT2D eigenvalue weighted by Gasteiger charge is 2.22. The van der Waals surface area contributed by atoms with Crippen molar-refractivity contribution in [2.45, 2.75) is 33.7 Å². The van der Waals surface area contributed by atoms with Crippen molar-refractivity contribution in [3.63, 3.8) is 0 Å². The van der Waals surface area contributed by atoms with E-state index in [0.717, 1.165) is 23.5 Å². The number of carbonyl (C=O) groups excluding carboxylic acids is 1. The van der Waals surface area contributed by atoms with Gasteiger partial charge in [0.15, 0.2) is 0 Å². The average Bonchev–Trinajstić information content (AvgIpc) is 2.40. The molecule has 24 heavy (non-hydrogen) atoms. The fraction of sp³-hybridized carbons (Fsp3) is 0.632. The zero-order valence-corrected chi connectivity index (χ0v) is 16.4. The summed E-state index contributed by atoms with van der Waals surface area (Å²) in [6, 6.07) is 5.89. The van der Waals surface area contributed by atoms with Gasteiger partial charge in [0.1, 0.15) is 0 Å². The van der Waals surface area contributed by atoms with Gasteiger partial charge < -0.3 is 20.4 Å². The molecule has 0 unspecified atom stereocenters. The monoisotopic (exact) mass is 334 g/mol. The number of hydrogen-bond donors (Lipinski definition) is 1. The van der Waals surface area contributed by atoms with Crippen LogP contribution in [0.4, 0.5) is 11.4 Å². The van der Waals surface area contributed by atoms with Crippen molar-refractivity contribution in [1.29, 1.82) is 0 Å². The predicted molar refractivity (Wildman–Crippen MR) is 103 cm³/mol. The first-order valence-electron chi connectivity index (χ1n) is 8.48. The molecule has 0 saturated carbocycles. The minimum absolute atomic E-state index is 0.0203. The van der Waals surface area contributed by atoms with Gasteiger partial charge in [0.2, 0.25) is 5.91 Å². The summed E-state index contributed by atoms with van der Waals surface area (Å²) in [7, 11) is 8.07. The van der Waals surface area contributed by atoms with Gasteiger partial charge in [-0.1, -0.05) is 20.8 Å². The summed E-state index contributed by atoms with van der Waals surface area (Å²) >= 11 is 0. The fourth-order valence-electron chi connectivity index (χ4n) is 2.55. The summed E-state index contributed by atoms with van der Waals surface area (Å²) < 4.78 is 0. The van der Waals surface area contributed by atoms with Crippen LogP contribution in [0.5, 0.6) is 0 Å². The Balaban J connectivity index is 3.03. The number of benzene rings is 1. The van der Waals surface area contributed by atoms with Gasteiger partial charge in [-0.3, -0.25) is 4.79 Å². The lowest BCUT2D eigenvalue weighted by Gasteiger charge is -2.29. The lowest BCUT2D eigenvalue weighted by molar-refractivity contribution is -0.133. The summed E-state index contributed by atoms with van der Waals surface area (Å²) in [5, 5.41) is 0. The molecule has 0 aliphatic rings. The van der Waals surface area contributed by atoms with E-state index in [2.05, 4.69) is 30.6 Å². The summed E-state index contributed by atoms with van der Waals surface area (Å²) in [5.41, 5.74) is 8.87. The van der Waals surface area contributed by atoms with Gasteiger partial charge in [0, 0.05) is 51.5 Å². The predicted octanol–water partition coefficient (Wildman–Crippen LogP) is 2.66. The second-order valence-electron chi connectivity index (χ2n) is 8.14. The van der Waals surface area contributed by atoms with Crippen LogP contribution in [0.1, 0.15) is 32.8 Å². The first kappa shape index (κ1) is 20.3. The quantitative estimate of drug-likeness (QED) is 0.779. The van der Waals surface area contributed by atoms with E-state index in [1.807, 2.05) is 51.3 Å². The Labute approximate surface area is 147 Å². The average molecular weight is 335 g/mol. The minimum atomic E-state index is -0.0203. The molecular weight excluding hydrogens is 300 g/mol. The lowest BCUT2D eigenvalue weighted by atomic mass is 9.91. The maximum atomic E-state index is 12.8. The number of hydrogen-bond acceptors (Lipinski definition) is 4. The van der Waals surface area contributed by atoms with Crippen LogP contribution >= 0.6 is 0 Å². The Morgan fingerprint density at radius 1 is 1.08 bits per heavy atom. The van der Waals surface area contributed by atoms with Crippen LogP contribution in [0, 0.1) is 5.41 Å². The number of rotatable bonds is 7. The van der Waals surface area contributed by atoms with Gasteiger partial charge in [-0.25, -0.2) is 0 Å². The maximum Gasteiger partial charge on any atom is 0.223 e. The van der Waals surface area contributed by atoms with Gasteiger partial charge in [-0.2, -0.15) is 0 Å². The normalized spacial score (nSPS) is 11.7. The number of amides is 1. The summed E-state index contributed by atoms with van der Waals surface area (Å²) in [4.78, 5) is 18.9. The number of anilines is 2. The van der Waals surface area contributed by atoms with Gasteiger partial charge in [-0.15, -0.1) is 0 Å². The molecule has 0 radical (unpaired) electrons. The SMILES string of the molecule is CN(C)CCN(Cc1cc(N)ccc1N(C)C)C(=O)CC(C)(C)C. The molecule has 1 aromatic rings. The number of carbonyl (C=O) groups is 1. The highest BCUT2D eigenvalue weighted by molar-refractivity contribution is 5.77. The molecule has 5 heteroatoms. The Hall–Kier alpha value is -1.75. The molecule has 0 saturated heterocycles. The molecule has 0 aromatic heterocycles. The van der Waals surface area contributed by atoms with Crippen molar-refractivity contribution in [1.82, 2.24) is 9.80 Å². The van der Waals surface area contributed by atoms with Crippen LogP contribution in [0.15, 0.2) is 18.2 Å². The largest absolute Gasteiger partial charge is 0.399 e. The first-order chi connectivity index (χ1) is 11.0. The summed E-state index contributed by atoms with van der Waals surface area (Å²) in [5.74, 6) is 0.191. The van der Waals surface area contributed by atoms with Gasteiger partial charge >= 0.3 is 0 Å². The zero-order chi connectivity index (χ0) is 18.5. The molecular formula is C19H34N4O. The van der Waals surface area contributed by atoms with Crippen LogP contribution in [0.3, 0.4) is 0 Å². The van der Waals surface area contributed by atoms with Crippen LogP contribution in [0.25, 0.3) is 0 Å².